The van der Waals surface area contributed by atoms with Gasteiger partial charge in [0.2, 0.25) is 0 Å². The highest BCUT2D eigenvalue weighted by molar-refractivity contribution is 5.98. The monoisotopic (exact) mass is 267 g/mol. The first-order chi connectivity index (χ1) is 9.59. The van der Waals surface area contributed by atoms with E-state index in [2.05, 4.69) is 4.98 Å². The lowest BCUT2D eigenvalue weighted by Crippen LogP contribution is -2.22. The average molecular weight is 267 g/mol. The van der Waals surface area contributed by atoms with Crippen LogP contribution in [0.1, 0.15) is 0 Å². The second-order valence-electron chi connectivity index (χ2n) is 4.58. The molecular formula is C15H13N3O2. The number of benzene rings is 1. The van der Waals surface area contributed by atoms with E-state index in [9.17, 15) is 9.90 Å². The SMILES string of the molecule is Cn1c(=O)c(N)c(-c2cccc(O)c2)c2cccnc21. The molecule has 0 aliphatic heterocycles. The summed E-state index contributed by atoms with van der Waals surface area (Å²) in [4.78, 5) is 16.4. The fourth-order valence-electron chi connectivity index (χ4n) is 2.36. The molecule has 2 aromatic heterocycles. The molecule has 3 N–H and O–H groups in total. The van der Waals surface area contributed by atoms with Gasteiger partial charge < -0.3 is 10.8 Å². The van der Waals surface area contributed by atoms with E-state index in [1.165, 1.54) is 4.57 Å². The summed E-state index contributed by atoms with van der Waals surface area (Å²) in [6.07, 6.45) is 1.63. The highest BCUT2D eigenvalue weighted by Crippen LogP contribution is 2.32. The number of nitrogens with two attached hydrogens (primary N) is 1. The summed E-state index contributed by atoms with van der Waals surface area (Å²) in [6.45, 7) is 0. The average Bonchev–Trinajstić information content (AvgIpc) is 2.45. The molecule has 5 nitrogen and oxygen atoms in total. The minimum Gasteiger partial charge on any atom is -0.508 e. The predicted molar refractivity (Wildman–Crippen MR) is 78.5 cm³/mol. The van der Waals surface area contributed by atoms with Gasteiger partial charge >= 0.3 is 0 Å². The van der Waals surface area contributed by atoms with Gasteiger partial charge in [-0.2, -0.15) is 0 Å². The van der Waals surface area contributed by atoms with Crippen molar-refractivity contribution in [3.8, 4) is 16.9 Å². The van der Waals surface area contributed by atoms with E-state index >= 15 is 0 Å². The van der Waals surface area contributed by atoms with Crippen LogP contribution in [0, 0.1) is 0 Å². The molecule has 3 aromatic rings. The third kappa shape index (κ3) is 1.72. The molecule has 0 unspecified atom stereocenters. The molecule has 0 amide bonds. The Kier molecular flexibility index (Phi) is 2.68. The first-order valence-corrected chi connectivity index (χ1v) is 6.12. The van der Waals surface area contributed by atoms with Crippen LogP contribution >= 0.6 is 0 Å². The Morgan fingerprint density at radius 1 is 1.25 bits per heavy atom. The first-order valence-electron chi connectivity index (χ1n) is 6.12. The number of phenols is 1. The van der Waals surface area contributed by atoms with Gasteiger partial charge in [0.05, 0.1) is 0 Å². The molecule has 0 aliphatic rings. The van der Waals surface area contributed by atoms with Crippen molar-refractivity contribution in [1.82, 2.24) is 9.55 Å². The number of anilines is 1. The van der Waals surface area contributed by atoms with E-state index in [1.54, 1.807) is 43.6 Å². The molecule has 3 rings (SSSR count). The van der Waals surface area contributed by atoms with Crippen molar-refractivity contribution in [3.63, 3.8) is 0 Å². The van der Waals surface area contributed by atoms with Crippen LogP contribution in [0.25, 0.3) is 22.2 Å². The van der Waals surface area contributed by atoms with Gasteiger partial charge in [-0.15, -0.1) is 0 Å². The summed E-state index contributed by atoms with van der Waals surface area (Å²) >= 11 is 0. The van der Waals surface area contributed by atoms with Gasteiger partial charge in [-0.25, -0.2) is 4.98 Å². The molecule has 0 atom stereocenters. The molecule has 1 aromatic carbocycles. The molecule has 0 bridgehead atoms. The maximum absolute atomic E-state index is 12.2. The number of aromatic nitrogens is 2. The standard InChI is InChI=1S/C15H13N3O2/c1-18-14-11(6-3-7-17-14)12(13(16)15(18)20)9-4-2-5-10(19)8-9/h2-8,19H,16H2,1H3. The Morgan fingerprint density at radius 3 is 2.80 bits per heavy atom. The number of phenolic OH excluding ortho intramolecular Hbond substituents is 1. The molecule has 0 saturated heterocycles. The number of nitrogen functional groups attached to an aromatic ring is 1. The van der Waals surface area contributed by atoms with Crippen LogP contribution in [-0.2, 0) is 7.05 Å². The molecule has 0 spiro atoms. The third-order valence-electron chi connectivity index (χ3n) is 3.31. The van der Waals surface area contributed by atoms with E-state index in [1.807, 2.05) is 6.07 Å². The molecule has 20 heavy (non-hydrogen) atoms. The lowest BCUT2D eigenvalue weighted by atomic mass is 10.0. The van der Waals surface area contributed by atoms with Crippen molar-refractivity contribution in [3.05, 3.63) is 52.9 Å². The molecule has 0 fully saturated rings. The molecule has 2 heterocycles. The number of rotatable bonds is 1. The number of hydrogen-bond acceptors (Lipinski definition) is 4. The minimum absolute atomic E-state index is 0.125. The minimum atomic E-state index is -0.297. The van der Waals surface area contributed by atoms with Crippen LogP contribution in [0.15, 0.2) is 47.4 Å². The van der Waals surface area contributed by atoms with Crippen molar-refractivity contribution in [2.24, 2.45) is 7.05 Å². The Balaban J connectivity index is 2.50. The smallest absolute Gasteiger partial charge is 0.275 e. The molecule has 0 radical (unpaired) electrons. The lowest BCUT2D eigenvalue weighted by Gasteiger charge is -2.12. The molecule has 0 saturated carbocycles. The van der Waals surface area contributed by atoms with Crippen molar-refractivity contribution >= 4 is 16.7 Å². The molecule has 100 valence electrons. The number of nitrogens with zero attached hydrogens (tertiary/aromatic N) is 2. The van der Waals surface area contributed by atoms with Gasteiger partial charge in [-0.05, 0) is 29.8 Å². The van der Waals surface area contributed by atoms with Crippen molar-refractivity contribution in [1.29, 1.82) is 0 Å². The van der Waals surface area contributed by atoms with Gasteiger partial charge in [0.15, 0.2) is 0 Å². The summed E-state index contributed by atoms with van der Waals surface area (Å²) < 4.78 is 1.43. The van der Waals surface area contributed by atoms with Crippen molar-refractivity contribution in [2.45, 2.75) is 0 Å². The number of hydrogen-bond donors (Lipinski definition) is 2. The van der Waals surface area contributed by atoms with Gasteiger partial charge in [-0.1, -0.05) is 12.1 Å². The van der Waals surface area contributed by atoms with E-state index < -0.39 is 0 Å². The van der Waals surface area contributed by atoms with Crippen LogP contribution in [-0.4, -0.2) is 14.7 Å². The Labute approximate surface area is 114 Å². The first kappa shape index (κ1) is 12.2. The van der Waals surface area contributed by atoms with Crippen molar-refractivity contribution in [2.75, 3.05) is 5.73 Å². The maximum Gasteiger partial charge on any atom is 0.275 e. The molecular weight excluding hydrogens is 254 g/mol. The lowest BCUT2D eigenvalue weighted by molar-refractivity contribution is 0.475. The van der Waals surface area contributed by atoms with Gasteiger partial charge in [0.25, 0.3) is 5.56 Å². The van der Waals surface area contributed by atoms with E-state index in [-0.39, 0.29) is 17.0 Å². The second kappa shape index (κ2) is 4.38. The Hall–Kier alpha value is -2.82. The van der Waals surface area contributed by atoms with E-state index in [0.717, 1.165) is 5.39 Å². The fraction of sp³-hybridized carbons (Fsp3) is 0.0667. The number of fused-ring (bicyclic) bond motifs is 1. The third-order valence-corrected chi connectivity index (χ3v) is 3.31. The maximum atomic E-state index is 12.2. The van der Waals surface area contributed by atoms with Gasteiger partial charge in [-0.3, -0.25) is 9.36 Å². The van der Waals surface area contributed by atoms with E-state index in [4.69, 9.17) is 5.73 Å². The zero-order chi connectivity index (χ0) is 14.3. The van der Waals surface area contributed by atoms with E-state index in [0.29, 0.717) is 16.8 Å². The van der Waals surface area contributed by atoms with Crippen LogP contribution in [0.2, 0.25) is 0 Å². The summed E-state index contributed by atoms with van der Waals surface area (Å²) in [5.74, 6) is 0.125. The molecule has 0 aliphatic carbocycles. The number of aryl methyl sites for hydroxylation is 1. The van der Waals surface area contributed by atoms with Crippen LogP contribution < -0.4 is 11.3 Å². The highest BCUT2D eigenvalue weighted by Gasteiger charge is 2.15. The van der Waals surface area contributed by atoms with Crippen molar-refractivity contribution < 1.29 is 5.11 Å². The number of aromatic hydroxyl groups is 1. The predicted octanol–water partition coefficient (Wildman–Crippen LogP) is 1.89. The fourth-order valence-corrected chi connectivity index (χ4v) is 2.36. The summed E-state index contributed by atoms with van der Waals surface area (Å²) in [7, 11) is 1.64. The van der Waals surface area contributed by atoms with Crippen LogP contribution in [0.4, 0.5) is 5.69 Å². The van der Waals surface area contributed by atoms with Gasteiger partial charge in [0.1, 0.15) is 17.1 Å². The topological polar surface area (TPSA) is 81.1 Å². The normalized spacial score (nSPS) is 10.8. The summed E-state index contributed by atoms with van der Waals surface area (Å²) in [5.41, 5.74) is 7.70. The zero-order valence-corrected chi connectivity index (χ0v) is 10.9. The summed E-state index contributed by atoms with van der Waals surface area (Å²) in [6, 6.07) is 10.3. The summed E-state index contributed by atoms with van der Waals surface area (Å²) in [5, 5.41) is 10.4. The zero-order valence-electron chi connectivity index (χ0n) is 10.9. The van der Waals surface area contributed by atoms with Gasteiger partial charge in [0, 0.05) is 24.2 Å². The quantitative estimate of drug-likeness (QED) is 0.705. The second-order valence-corrected chi connectivity index (χ2v) is 4.58. The largest absolute Gasteiger partial charge is 0.508 e. The highest BCUT2D eigenvalue weighted by atomic mass is 16.3. The number of pyridine rings is 2. The Bertz CT molecular complexity index is 869. The Morgan fingerprint density at radius 2 is 2.05 bits per heavy atom. The van der Waals surface area contributed by atoms with Crippen LogP contribution in [0.3, 0.4) is 0 Å². The molecule has 5 heteroatoms. The van der Waals surface area contributed by atoms with Crippen LogP contribution in [0.5, 0.6) is 5.75 Å².